The van der Waals surface area contributed by atoms with Crippen LogP contribution in [-0.4, -0.2) is 24.0 Å². The first kappa shape index (κ1) is 16.8. The van der Waals surface area contributed by atoms with Gasteiger partial charge in [0.15, 0.2) is 11.6 Å². The maximum absolute atomic E-state index is 13.1. The van der Waals surface area contributed by atoms with Crippen molar-refractivity contribution in [1.82, 2.24) is 10.3 Å². The molecule has 0 aliphatic rings. The van der Waals surface area contributed by atoms with E-state index in [2.05, 4.69) is 10.3 Å². The van der Waals surface area contributed by atoms with Crippen molar-refractivity contribution < 1.29 is 18.3 Å². The van der Waals surface area contributed by atoms with Crippen molar-refractivity contribution in [3.05, 3.63) is 71.9 Å². The van der Waals surface area contributed by atoms with Crippen LogP contribution >= 0.6 is 0 Å². The second kappa shape index (κ2) is 7.70. The van der Waals surface area contributed by atoms with Gasteiger partial charge in [-0.2, -0.15) is 0 Å². The summed E-state index contributed by atoms with van der Waals surface area (Å²) in [7, 11) is 0. The molecule has 0 saturated heterocycles. The van der Waals surface area contributed by atoms with Crippen molar-refractivity contribution in [1.29, 1.82) is 0 Å². The van der Waals surface area contributed by atoms with Gasteiger partial charge < -0.3 is 10.1 Å². The summed E-state index contributed by atoms with van der Waals surface area (Å²) in [5.41, 5.74) is 0.869. The lowest BCUT2D eigenvalue weighted by Gasteiger charge is -2.09. The van der Waals surface area contributed by atoms with E-state index in [1.807, 2.05) is 30.3 Å². The van der Waals surface area contributed by atoms with Crippen LogP contribution < -0.4 is 10.1 Å². The molecule has 4 nitrogen and oxygen atoms in total. The molecule has 0 atom stereocenters. The van der Waals surface area contributed by atoms with Crippen LogP contribution in [0.1, 0.15) is 16.8 Å². The first-order valence-corrected chi connectivity index (χ1v) is 7.85. The Kier molecular flexibility index (Phi) is 5.18. The van der Waals surface area contributed by atoms with Crippen LogP contribution in [0.2, 0.25) is 0 Å². The molecule has 0 spiro atoms. The van der Waals surface area contributed by atoms with Gasteiger partial charge in [0.2, 0.25) is 0 Å². The molecule has 1 amide bonds. The van der Waals surface area contributed by atoms with E-state index in [-0.39, 0.29) is 5.56 Å². The summed E-state index contributed by atoms with van der Waals surface area (Å²) in [5, 5.41) is 3.64. The van der Waals surface area contributed by atoms with E-state index in [1.165, 1.54) is 6.07 Å². The van der Waals surface area contributed by atoms with Gasteiger partial charge in [-0.25, -0.2) is 8.78 Å². The van der Waals surface area contributed by atoms with Crippen molar-refractivity contribution >= 4 is 16.8 Å². The molecule has 1 heterocycles. The number of para-hydroxylation sites is 1. The van der Waals surface area contributed by atoms with Gasteiger partial charge in [0.05, 0.1) is 6.61 Å². The van der Waals surface area contributed by atoms with E-state index < -0.39 is 17.5 Å². The van der Waals surface area contributed by atoms with Crippen LogP contribution in [0.3, 0.4) is 0 Å². The van der Waals surface area contributed by atoms with Gasteiger partial charge in [0.25, 0.3) is 5.91 Å². The van der Waals surface area contributed by atoms with Gasteiger partial charge in [-0.05, 0) is 36.8 Å². The molecule has 128 valence electrons. The summed E-state index contributed by atoms with van der Waals surface area (Å²) in [6, 6.07) is 12.6. The fraction of sp³-hybridized carbons (Fsp3) is 0.158. The Morgan fingerprint density at radius 1 is 1.08 bits per heavy atom. The highest BCUT2D eigenvalue weighted by atomic mass is 19.2. The number of ether oxygens (including phenoxy) is 1. The van der Waals surface area contributed by atoms with E-state index >= 15 is 0 Å². The highest BCUT2D eigenvalue weighted by Crippen LogP contribution is 2.22. The van der Waals surface area contributed by atoms with E-state index in [0.29, 0.717) is 25.3 Å². The van der Waals surface area contributed by atoms with Gasteiger partial charge in [0.1, 0.15) is 11.3 Å². The highest BCUT2D eigenvalue weighted by molar-refractivity contribution is 5.94. The number of hydrogen-bond donors (Lipinski definition) is 1. The SMILES string of the molecule is O=C(NCCCOc1cccc2cccnc12)c1ccc(F)c(F)c1. The number of halogens is 2. The van der Waals surface area contributed by atoms with Crippen molar-refractivity contribution in [3.63, 3.8) is 0 Å². The first-order valence-electron chi connectivity index (χ1n) is 7.85. The standard InChI is InChI=1S/C19H16F2N2O2/c20-15-8-7-14(12-16(15)21)19(24)23-10-3-11-25-17-6-1-4-13-5-2-9-22-18(13)17/h1-2,4-9,12H,3,10-11H2,(H,23,24). The van der Waals surface area contributed by atoms with Crippen molar-refractivity contribution in [2.24, 2.45) is 0 Å². The number of benzene rings is 2. The number of hydrogen-bond acceptors (Lipinski definition) is 3. The van der Waals surface area contributed by atoms with Crippen LogP contribution in [0.25, 0.3) is 10.9 Å². The van der Waals surface area contributed by atoms with Crippen molar-refractivity contribution in [2.75, 3.05) is 13.2 Å². The van der Waals surface area contributed by atoms with E-state index in [1.54, 1.807) is 6.20 Å². The molecular weight excluding hydrogens is 326 g/mol. The van der Waals surface area contributed by atoms with Crippen LogP contribution in [0.5, 0.6) is 5.75 Å². The predicted octanol–water partition coefficient (Wildman–Crippen LogP) is 3.71. The lowest BCUT2D eigenvalue weighted by atomic mass is 10.2. The molecule has 3 aromatic rings. The zero-order chi connectivity index (χ0) is 17.6. The van der Waals surface area contributed by atoms with Crippen molar-refractivity contribution in [3.8, 4) is 5.75 Å². The Balaban J connectivity index is 1.48. The average Bonchev–Trinajstić information content (AvgIpc) is 2.63. The maximum atomic E-state index is 13.1. The Labute approximate surface area is 143 Å². The van der Waals surface area contributed by atoms with Crippen molar-refractivity contribution in [2.45, 2.75) is 6.42 Å². The molecule has 25 heavy (non-hydrogen) atoms. The minimum absolute atomic E-state index is 0.0815. The molecule has 0 aliphatic heterocycles. The third kappa shape index (κ3) is 4.09. The lowest BCUT2D eigenvalue weighted by molar-refractivity contribution is 0.0951. The fourth-order valence-corrected chi connectivity index (χ4v) is 2.39. The third-order valence-corrected chi connectivity index (χ3v) is 3.64. The quantitative estimate of drug-likeness (QED) is 0.695. The fourth-order valence-electron chi connectivity index (χ4n) is 2.39. The number of carbonyl (C=O) groups excluding carboxylic acids is 1. The summed E-state index contributed by atoms with van der Waals surface area (Å²) in [5.74, 6) is -1.79. The Morgan fingerprint density at radius 2 is 1.92 bits per heavy atom. The normalized spacial score (nSPS) is 10.6. The summed E-state index contributed by atoms with van der Waals surface area (Å²) in [6.07, 6.45) is 2.27. The second-order valence-corrected chi connectivity index (χ2v) is 5.42. The molecule has 3 rings (SSSR count). The minimum Gasteiger partial charge on any atom is -0.491 e. The lowest BCUT2D eigenvalue weighted by Crippen LogP contribution is -2.25. The monoisotopic (exact) mass is 342 g/mol. The number of carbonyl (C=O) groups is 1. The largest absolute Gasteiger partial charge is 0.491 e. The van der Waals surface area contributed by atoms with Crippen LogP contribution in [0, 0.1) is 11.6 Å². The third-order valence-electron chi connectivity index (χ3n) is 3.64. The number of aromatic nitrogens is 1. The Hall–Kier alpha value is -3.02. The summed E-state index contributed by atoms with van der Waals surface area (Å²) >= 11 is 0. The van der Waals surface area contributed by atoms with Gasteiger partial charge in [-0.1, -0.05) is 18.2 Å². The van der Waals surface area contributed by atoms with Gasteiger partial charge in [-0.15, -0.1) is 0 Å². The van der Waals surface area contributed by atoms with Gasteiger partial charge >= 0.3 is 0 Å². The van der Waals surface area contributed by atoms with Crippen LogP contribution in [0.15, 0.2) is 54.7 Å². The molecule has 0 radical (unpaired) electrons. The number of pyridine rings is 1. The first-order chi connectivity index (χ1) is 12.1. The summed E-state index contributed by atoms with van der Waals surface area (Å²) in [4.78, 5) is 16.2. The molecule has 0 saturated carbocycles. The van der Waals surface area contributed by atoms with E-state index in [9.17, 15) is 13.6 Å². The number of nitrogens with zero attached hydrogens (tertiary/aromatic N) is 1. The van der Waals surface area contributed by atoms with E-state index in [0.717, 1.165) is 23.0 Å². The molecule has 0 bridgehead atoms. The topological polar surface area (TPSA) is 51.2 Å². The number of rotatable bonds is 6. The number of nitrogens with one attached hydrogen (secondary N) is 1. The molecular formula is C19H16F2N2O2. The molecule has 0 unspecified atom stereocenters. The number of amides is 1. The molecule has 1 N–H and O–H groups in total. The maximum Gasteiger partial charge on any atom is 0.251 e. The summed E-state index contributed by atoms with van der Waals surface area (Å²) in [6.45, 7) is 0.754. The molecule has 0 aliphatic carbocycles. The molecule has 0 fully saturated rings. The minimum atomic E-state index is -1.04. The highest BCUT2D eigenvalue weighted by Gasteiger charge is 2.09. The second-order valence-electron chi connectivity index (χ2n) is 5.42. The number of fused-ring (bicyclic) bond motifs is 1. The van der Waals surface area contributed by atoms with E-state index in [4.69, 9.17) is 4.74 Å². The van der Waals surface area contributed by atoms with Crippen LogP contribution in [0.4, 0.5) is 8.78 Å². The Morgan fingerprint density at radius 3 is 2.76 bits per heavy atom. The zero-order valence-electron chi connectivity index (χ0n) is 13.3. The predicted molar refractivity (Wildman–Crippen MR) is 90.5 cm³/mol. The molecule has 1 aromatic heterocycles. The smallest absolute Gasteiger partial charge is 0.251 e. The molecule has 6 heteroatoms. The van der Waals surface area contributed by atoms with Gasteiger partial charge in [-0.3, -0.25) is 9.78 Å². The molecule has 2 aromatic carbocycles. The van der Waals surface area contributed by atoms with Crippen LogP contribution in [-0.2, 0) is 0 Å². The average molecular weight is 342 g/mol. The zero-order valence-corrected chi connectivity index (χ0v) is 13.3. The Bertz CT molecular complexity index is 894. The summed E-state index contributed by atoms with van der Waals surface area (Å²) < 4.78 is 31.7. The van der Waals surface area contributed by atoms with Gasteiger partial charge in [0, 0.05) is 23.7 Å².